The minimum atomic E-state index is -0.988. The van der Waals surface area contributed by atoms with E-state index in [2.05, 4.69) is 24.5 Å². The fourth-order valence-electron chi connectivity index (χ4n) is 1.47. The first kappa shape index (κ1) is 13.8. The second-order valence-corrected chi connectivity index (χ2v) is 4.23. The summed E-state index contributed by atoms with van der Waals surface area (Å²) in [5.74, 6) is -1.91. The van der Waals surface area contributed by atoms with E-state index in [0.717, 1.165) is 19.3 Å². The SMILES string of the molecule is CCCCCNc1ccc(C(N)=S)c(F)c1F. The van der Waals surface area contributed by atoms with Gasteiger partial charge in [0.25, 0.3) is 0 Å². The molecular formula is C12H16F2N2S. The van der Waals surface area contributed by atoms with Crippen molar-refractivity contribution in [2.24, 2.45) is 5.73 Å². The highest BCUT2D eigenvalue weighted by atomic mass is 32.1. The average molecular weight is 258 g/mol. The van der Waals surface area contributed by atoms with Crippen LogP contribution in [0.15, 0.2) is 12.1 Å². The number of nitrogens with two attached hydrogens (primary N) is 1. The highest BCUT2D eigenvalue weighted by Crippen LogP contribution is 2.20. The number of unbranched alkanes of at least 4 members (excludes halogenated alkanes) is 2. The van der Waals surface area contributed by atoms with Crippen LogP contribution in [-0.2, 0) is 0 Å². The second kappa shape index (κ2) is 6.49. The lowest BCUT2D eigenvalue weighted by atomic mass is 10.1. The van der Waals surface area contributed by atoms with Gasteiger partial charge in [0, 0.05) is 12.1 Å². The number of hydrogen-bond acceptors (Lipinski definition) is 2. The van der Waals surface area contributed by atoms with Crippen LogP contribution in [0.5, 0.6) is 0 Å². The van der Waals surface area contributed by atoms with E-state index in [0.29, 0.717) is 6.54 Å². The molecule has 0 aliphatic carbocycles. The van der Waals surface area contributed by atoms with Gasteiger partial charge in [-0.25, -0.2) is 8.78 Å². The van der Waals surface area contributed by atoms with E-state index in [-0.39, 0.29) is 16.2 Å². The summed E-state index contributed by atoms with van der Waals surface area (Å²) in [6.45, 7) is 2.70. The molecule has 0 heterocycles. The predicted octanol–water partition coefficient (Wildman–Crippen LogP) is 3.20. The van der Waals surface area contributed by atoms with Gasteiger partial charge in [0.05, 0.1) is 5.69 Å². The van der Waals surface area contributed by atoms with Crippen molar-refractivity contribution in [1.29, 1.82) is 0 Å². The van der Waals surface area contributed by atoms with Crippen LogP contribution < -0.4 is 11.1 Å². The van der Waals surface area contributed by atoms with E-state index >= 15 is 0 Å². The normalized spacial score (nSPS) is 10.3. The van der Waals surface area contributed by atoms with E-state index in [9.17, 15) is 8.78 Å². The Labute approximate surface area is 105 Å². The summed E-state index contributed by atoms with van der Waals surface area (Å²) in [6.07, 6.45) is 3.07. The molecule has 0 bridgehead atoms. The van der Waals surface area contributed by atoms with Gasteiger partial charge in [-0.05, 0) is 18.6 Å². The van der Waals surface area contributed by atoms with Gasteiger partial charge in [0.15, 0.2) is 11.6 Å². The summed E-state index contributed by atoms with van der Waals surface area (Å²) in [5.41, 5.74) is 5.37. The third-order valence-corrected chi connectivity index (χ3v) is 2.66. The lowest BCUT2D eigenvalue weighted by molar-refractivity contribution is 0.509. The van der Waals surface area contributed by atoms with Gasteiger partial charge < -0.3 is 11.1 Å². The molecule has 2 nitrogen and oxygen atoms in total. The van der Waals surface area contributed by atoms with Crippen molar-refractivity contribution in [3.05, 3.63) is 29.3 Å². The first-order valence-corrected chi connectivity index (χ1v) is 6.00. The summed E-state index contributed by atoms with van der Waals surface area (Å²) in [5, 5.41) is 2.86. The Morgan fingerprint density at radius 2 is 2.00 bits per heavy atom. The molecular weight excluding hydrogens is 242 g/mol. The highest BCUT2D eigenvalue weighted by molar-refractivity contribution is 7.80. The fourth-order valence-corrected chi connectivity index (χ4v) is 1.63. The summed E-state index contributed by atoms with van der Waals surface area (Å²) in [7, 11) is 0. The maximum atomic E-state index is 13.6. The molecule has 5 heteroatoms. The topological polar surface area (TPSA) is 38.0 Å². The van der Waals surface area contributed by atoms with E-state index in [1.165, 1.54) is 12.1 Å². The van der Waals surface area contributed by atoms with Crippen LogP contribution in [-0.4, -0.2) is 11.5 Å². The van der Waals surface area contributed by atoms with E-state index in [4.69, 9.17) is 5.73 Å². The molecule has 0 saturated carbocycles. The van der Waals surface area contributed by atoms with Crippen LogP contribution >= 0.6 is 12.2 Å². The molecule has 0 radical (unpaired) electrons. The van der Waals surface area contributed by atoms with Crippen LogP contribution in [0.25, 0.3) is 0 Å². The van der Waals surface area contributed by atoms with Gasteiger partial charge >= 0.3 is 0 Å². The van der Waals surface area contributed by atoms with Gasteiger partial charge in [0.2, 0.25) is 0 Å². The molecule has 94 valence electrons. The summed E-state index contributed by atoms with van der Waals surface area (Å²) >= 11 is 4.63. The zero-order chi connectivity index (χ0) is 12.8. The smallest absolute Gasteiger partial charge is 0.182 e. The largest absolute Gasteiger partial charge is 0.389 e. The number of thiocarbonyl (C=S) groups is 1. The Morgan fingerprint density at radius 3 is 2.59 bits per heavy atom. The van der Waals surface area contributed by atoms with Crippen molar-refractivity contribution in [3.8, 4) is 0 Å². The Balaban J connectivity index is 2.75. The third kappa shape index (κ3) is 3.63. The molecule has 0 spiro atoms. The quantitative estimate of drug-likeness (QED) is 0.608. The van der Waals surface area contributed by atoms with Crippen LogP contribution in [0.4, 0.5) is 14.5 Å². The first-order chi connectivity index (χ1) is 8.07. The molecule has 0 aliphatic rings. The van der Waals surface area contributed by atoms with E-state index < -0.39 is 11.6 Å². The zero-order valence-corrected chi connectivity index (χ0v) is 10.5. The van der Waals surface area contributed by atoms with Crippen molar-refractivity contribution in [1.82, 2.24) is 0 Å². The molecule has 1 aromatic rings. The van der Waals surface area contributed by atoms with E-state index in [1.54, 1.807) is 0 Å². The lowest BCUT2D eigenvalue weighted by Gasteiger charge is -2.09. The maximum Gasteiger partial charge on any atom is 0.182 e. The molecule has 0 fully saturated rings. The minimum absolute atomic E-state index is 0.0587. The zero-order valence-electron chi connectivity index (χ0n) is 9.72. The second-order valence-electron chi connectivity index (χ2n) is 3.79. The molecule has 17 heavy (non-hydrogen) atoms. The van der Waals surface area contributed by atoms with E-state index in [1.807, 2.05) is 0 Å². The van der Waals surface area contributed by atoms with Gasteiger partial charge in [0.1, 0.15) is 4.99 Å². The summed E-state index contributed by atoms with van der Waals surface area (Å²) in [6, 6.07) is 2.85. The maximum absolute atomic E-state index is 13.6. The Kier molecular flexibility index (Phi) is 5.28. The van der Waals surface area contributed by atoms with Gasteiger partial charge in [-0.2, -0.15) is 0 Å². The van der Waals surface area contributed by atoms with Gasteiger partial charge in [-0.1, -0.05) is 32.0 Å². The monoisotopic (exact) mass is 258 g/mol. The third-order valence-electron chi connectivity index (χ3n) is 2.44. The van der Waals surface area contributed by atoms with Crippen molar-refractivity contribution in [2.45, 2.75) is 26.2 Å². The molecule has 1 aromatic carbocycles. The van der Waals surface area contributed by atoms with Crippen LogP contribution in [0.3, 0.4) is 0 Å². The molecule has 0 aromatic heterocycles. The number of halogens is 2. The van der Waals surface area contributed by atoms with Crippen LogP contribution in [0.1, 0.15) is 31.7 Å². The molecule has 0 unspecified atom stereocenters. The number of anilines is 1. The summed E-state index contributed by atoms with van der Waals surface area (Å²) < 4.78 is 27.1. The Hall–Kier alpha value is -1.23. The molecule has 0 amide bonds. The van der Waals surface area contributed by atoms with Crippen LogP contribution in [0.2, 0.25) is 0 Å². The van der Waals surface area contributed by atoms with Crippen molar-refractivity contribution >= 4 is 22.9 Å². The number of hydrogen-bond donors (Lipinski definition) is 2. The van der Waals surface area contributed by atoms with Crippen LogP contribution in [0, 0.1) is 11.6 Å². The molecule has 0 atom stereocenters. The number of rotatable bonds is 6. The Bertz CT molecular complexity index is 408. The van der Waals surface area contributed by atoms with Crippen molar-refractivity contribution in [2.75, 3.05) is 11.9 Å². The Morgan fingerprint density at radius 1 is 1.29 bits per heavy atom. The standard InChI is InChI=1S/C12H16F2N2S/c1-2-3-4-7-16-9-6-5-8(12(15)17)10(13)11(9)14/h5-6,16H,2-4,7H2,1H3,(H2,15,17). The first-order valence-electron chi connectivity index (χ1n) is 5.59. The van der Waals surface area contributed by atoms with Crippen molar-refractivity contribution < 1.29 is 8.78 Å². The lowest BCUT2D eigenvalue weighted by Crippen LogP contribution is -2.14. The summed E-state index contributed by atoms with van der Waals surface area (Å²) in [4.78, 5) is -0.140. The van der Waals surface area contributed by atoms with Gasteiger partial charge in [-0.15, -0.1) is 0 Å². The predicted molar refractivity (Wildman–Crippen MR) is 70.3 cm³/mol. The fraction of sp³-hybridized carbons (Fsp3) is 0.417. The number of benzene rings is 1. The van der Waals surface area contributed by atoms with Gasteiger partial charge in [-0.3, -0.25) is 0 Å². The molecule has 0 aliphatic heterocycles. The molecule has 0 saturated heterocycles. The average Bonchev–Trinajstić information content (AvgIpc) is 2.29. The number of nitrogens with one attached hydrogen (secondary N) is 1. The van der Waals surface area contributed by atoms with Crippen molar-refractivity contribution in [3.63, 3.8) is 0 Å². The molecule has 1 rings (SSSR count). The molecule has 3 N–H and O–H groups in total. The minimum Gasteiger partial charge on any atom is -0.389 e. The highest BCUT2D eigenvalue weighted by Gasteiger charge is 2.14.